The Bertz CT molecular complexity index is 643. The second-order valence-corrected chi connectivity index (χ2v) is 6.63. The van der Waals surface area contributed by atoms with Gasteiger partial charge in [-0.25, -0.2) is 13.2 Å². The molecule has 0 spiro atoms. The van der Waals surface area contributed by atoms with Crippen LogP contribution in [0.2, 0.25) is 0 Å². The highest BCUT2D eigenvalue weighted by Crippen LogP contribution is 2.23. The summed E-state index contributed by atoms with van der Waals surface area (Å²) >= 11 is 0. The summed E-state index contributed by atoms with van der Waals surface area (Å²) in [5.41, 5.74) is 0.115. The molecular formula is C13H16F3NO5S. The van der Waals surface area contributed by atoms with Crippen molar-refractivity contribution in [2.24, 2.45) is 0 Å². The van der Waals surface area contributed by atoms with Gasteiger partial charge in [-0.3, -0.25) is 0 Å². The second kappa shape index (κ2) is 7.28. The van der Waals surface area contributed by atoms with Gasteiger partial charge >= 0.3 is 12.1 Å². The molecule has 23 heavy (non-hydrogen) atoms. The van der Waals surface area contributed by atoms with E-state index in [1.54, 1.807) is 6.92 Å². The maximum atomic E-state index is 12.3. The molecule has 1 unspecified atom stereocenters. The number of carbonyl (C=O) groups excluding carboxylic acids is 1. The Kier molecular flexibility index (Phi) is 6.14. The molecule has 0 radical (unpaired) electrons. The summed E-state index contributed by atoms with van der Waals surface area (Å²) in [5, 5.41) is 8.95. The molecule has 1 aromatic carbocycles. The van der Waals surface area contributed by atoms with Crippen molar-refractivity contribution >= 4 is 16.0 Å². The number of nitrogens with zero attached hydrogens (tertiary/aromatic N) is 1. The highest BCUT2D eigenvalue weighted by molar-refractivity contribution is 7.89. The predicted molar refractivity (Wildman–Crippen MR) is 74.3 cm³/mol. The van der Waals surface area contributed by atoms with E-state index in [0.717, 1.165) is 19.2 Å². The van der Waals surface area contributed by atoms with E-state index in [2.05, 4.69) is 0 Å². The standard InChI is InChI=1S/C13H16F3NO5S/c1-3-22-12(19)9-4-6-10(7-5-9)23(20,21)17(2)8-11(18)13(14,15)16/h4-7,11,18H,3,8H2,1-2H3. The van der Waals surface area contributed by atoms with Crippen LogP contribution in [0.15, 0.2) is 29.2 Å². The van der Waals surface area contributed by atoms with Gasteiger partial charge in [0.2, 0.25) is 10.0 Å². The predicted octanol–water partition coefficient (Wildman–Crippen LogP) is 1.41. The largest absolute Gasteiger partial charge is 0.462 e. The lowest BCUT2D eigenvalue weighted by Gasteiger charge is -2.22. The van der Waals surface area contributed by atoms with Gasteiger partial charge in [0.1, 0.15) is 0 Å². The quantitative estimate of drug-likeness (QED) is 0.780. The number of ether oxygens (including phenoxy) is 1. The Hall–Kier alpha value is -1.65. The molecule has 0 aliphatic heterocycles. The second-order valence-electron chi connectivity index (χ2n) is 4.59. The van der Waals surface area contributed by atoms with E-state index in [1.165, 1.54) is 12.1 Å². The van der Waals surface area contributed by atoms with Crippen LogP contribution in [0.4, 0.5) is 13.2 Å². The van der Waals surface area contributed by atoms with E-state index < -0.39 is 34.8 Å². The maximum absolute atomic E-state index is 12.3. The van der Waals surface area contributed by atoms with Crippen molar-refractivity contribution in [3.05, 3.63) is 29.8 Å². The first-order valence-corrected chi connectivity index (χ1v) is 7.92. The van der Waals surface area contributed by atoms with Crippen LogP contribution in [-0.4, -0.2) is 56.3 Å². The molecule has 0 fully saturated rings. The number of likely N-dealkylation sites (N-methyl/N-ethyl adjacent to an activating group) is 1. The lowest BCUT2D eigenvalue weighted by atomic mass is 10.2. The van der Waals surface area contributed by atoms with Crippen molar-refractivity contribution in [1.29, 1.82) is 0 Å². The zero-order valence-electron chi connectivity index (χ0n) is 12.4. The molecule has 1 aromatic rings. The molecule has 130 valence electrons. The summed E-state index contributed by atoms with van der Waals surface area (Å²) < 4.78 is 66.3. The fourth-order valence-corrected chi connectivity index (χ4v) is 2.78. The number of rotatable bonds is 6. The van der Waals surface area contributed by atoms with Gasteiger partial charge in [0.15, 0.2) is 6.10 Å². The van der Waals surface area contributed by atoms with Gasteiger partial charge in [-0.2, -0.15) is 17.5 Å². The third-order valence-corrected chi connectivity index (χ3v) is 4.72. The van der Waals surface area contributed by atoms with Gasteiger partial charge in [0.25, 0.3) is 0 Å². The number of esters is 1. The Balaban J connectivity index is 2.94. The van der Waals surface area contributed by atoms with E-state index in [-0.39, 0.29) is 17.1 Å². The average molecular weight is 355 g/mol. The number of benzene rings is 1. The first-order chi connectivity index (χ1) is 10.5. The normalized spacial score (nSPS) is 13.9. The number of hydrogen-bond donors (Lipinski definition) is 1. The molecule has 0 bridgehead atoms. The number of aliphatic hydroxyl groups excluding tert-OH is 1. The van der Waals surface area contributed by atoms with Gasteiger partial charge in [0, 0.05) is 13.6 Å². The Morgan fingerprint density at radius 2 is 1.83 bits per heavy atom. The van der Waals surface area contributed by atoms with Crippen molar-refractivity contribution in [3.8, 4) is 0 Å². The molecule has 0 aromatic heterocycles. The van der Waals surface area contributed by atoms with Crippen molar-refractivity contribution in [3.63, 3.8) is 0 Å². The number of sulfonamides is 1. The van der Waals surface area contributed by atoms with Crippen LogP contribution in [0.25, 0.3) is 0 Å². The van der Waals surface area contributed by atoms with Gasteiger partial charge in [-0.15, -0.1) is 0 Å². The molecule has 0 amide bonds. The van der Waals surface area contributed by atoms with E-state index in [0.29, 0.717) is 4.31 Å². The van der Waals surface area contributed by atoms with Crippen molar-refractivity contribution in [1.82, 2.24) is 4.31 Å². The summed E-state index contributed by atoms with van der Waals surface area (Å²) in [7, 11) is -3.31. The smallest absolute Gasteiger partial charge is 0.415 e. The molecule has 0 aliphatic rings. The fourth-order valence-electron chi connectivity index (χ4n) is 1.60. The molecule has 0 heterocycles. The van der Waals surface area contributed by atoms with Crippen LogP contribution in [-0.2, 0) is 14.8 Å². The van der Waals surface area contributed by atoms with Crippen LogP contribution < -0.4 is 0 Å². The fraction of sp³-hybridized carbons (Fsp3) is 0.462. The van der Waals surface area contributed by atoms with Crippen LogP contribution in [0.3, 0.4) is 0 Å². The third kappa shape index (κ3) is 4.91. The van der Waals surface area contributed by atoms with E-state index in [4.69, 9.17) is 9.84 Å². The lowest BCUT2D eigenvalue weighted by Crippen LogP contribution is -2.41. The minimum absolute atomic E-state index is 0.115. The van der Waals surface area contributed by atoms with Crippen molar-refractivity contribution in [2.45, 2.75) is 24.1 Å². The Labute approximate surface area is 131 Å². The summed E-state index contributed by atoms with van der Waals surface area (Å²) in [6.07, 6.45) is -7.71. The van der Waals surface area contributed by atoms with E-state index >= 15 is 0 Å². The highest BCUT2D eigenvalue weighted by atomic mass is 32.2. The molecule has 0 aliphatic carbocycles. The summed E-state index contributed by atoms with van der Waals surface area (Å²) in [6.45, 7) is 0.625. The summed E-state index contributed by atoms with van der Waals surface area (Å²) in [5.74, 6) is -0.641. The molecule has 10 heteroatoms. The molecule has 0 saturated heterocycles. The first-order valence-electron chi connectivity index (χ1n) is 6.48. The van der Waals surface area contributed by atoms with Gasteiger partial charge in [0.05, 0.1) is 17.1 Å². The van der Waals surface area contributed by atoms with Crippen molar-refractivity contribution in [2.75, 3.05) is 20.2 Å². The SMILES string of the molecule is CCOC(=O)c1ccc(S(=O)(=O)N(C)CC(O)C(F)(F)F)cc1. The average Bonchev–Trinajstić information content (AvgIpc) is 2.46. The molecule has 0 saturated carbocycles. The van der Waals surface area contributed by atoms with Gasteiger partial charge in [-0.1, -0.05) is 0 Å². The number of carbonyl (C=O) groups is 1. The van der Waals surface area contributed by atoms with Crippen LogP contribution >= 0.6 is 0 Å². The molecule has 1 rings (SSSR count). The number of alkyl halides is 3. The first kappa shape index (κ1) is 19.4. The number of halogens is 3. The van der Waals surface area contributed by atoms with Crippen molar-refractivity contribution < 1.29 is 36.2 Å². The molecule has 6 nitrogen and oxygen atoms in total. The minimum atomic E-state index is -4.92. The van der Waals surface area contributed by atoms with Gasteiger partial charge in [-0.05, 0) is 31.2 Å². The zero-order chi connectivity index (χ0) is 17.8. The number of hydrogen-bond acceptors (Lipinski definition) is 5. The molecule has 1 N–H and O–H groups in total. The minimum Gasteiger partial charge on any atom is -0.462 e. The van der Waals surface area contributed by atoms with Gasteiger partial charge < -0.3 is 9.84 Å². The third-order valence-electron chi connectivity index (χ3n) is 2.88. The topological polar surface area (TPSA) is 83.9 Å². The van der Waals surface area contributed by atoms with Crippen LogP contribution in [0, 0.1) is 0 Å². The highest BCUT2D eigenvalue weighted by Gasteiger charge is 2.40. The number of aliphatic hydroxyl groups is 1. The van der Waals surface area contributed by atoms with Crippen LogP contribution in [0.1, 0.15) is 17.3 Å². The maximum Gasteiger partial charge on any atom is 0.415 e. The summed E-state index contributed by atoms with van der Waals surface area (Å²) in [6, 6.07) is 4.55. The van der Waals surface area contributed by atoms with Crippen LogP contribution in [0.5, 0.6) is 0 Å². The Morgan fingerprint density at radius 1 is 1.30 bits per heavy atom. The van der Waals surface area contributed by atoms with E-state index in [9.17, 15) is 26.4 Å². The molecular weight excluding hydrogens is 339 g/mol. The monoisotopic (exact) mass is 355 g/mol. The lowest BCUT2D eigenvalue weighted by molar-refractivity contribution is -0.204. The Morgan fingerprint density at radius 3 is 2.26 bits per heavy atom. The zero-order valence-corrected chi connectivity index (χ0v) is 13.2. The molecule has 1 atom stereocenters. The summed E-state index contributed by atoms with van der Waals surface area (Å²) in [4.78, 5) is 11.2. The van der Waals surface area contributed by atoms with E-state index in [1.807, 2.05) is 0 Å².